The van der Waals surface area contributed by atoms with Crippen molar-refractivity contribution >= 4 is 41.0 Å². The van der Waals surface area contributed by atoms with Crippen molar-refractivity contribution in [2.75, 3.05) is 31.3 Å². The lowest BCUT2D eigenvalue weighted by Crippen LogP contribution is -2.25. The van der Waals surface area contributed by atoms with E-state index in [0.29, 0.717) is 21.9 Å². The molecule has 3 rings (SSSR count). The highest BCUT2D eigenvalue weighted by molar-refractivity contribution is 8.00. The van der Waals surface area contributed by atoms with Gasteiger partial charge in [0.05, 0.1) is 17.0 Å². The van der Waals surface area contributed by atoms with Crippen molar-refractivity contribution in [3.05, 3.63) is 53.6 Å². The Balaban J connectivity index is 1.66. The van der Waals surface area contributed by atoms with E-state index in [0.717, 1.165) is 0 Å². The Labute approximate surface area is 170 Å². The zero-order valence-electron chi connectivity index (χ0n) is 15.5. The number of rotatable bonds is 7. The van der Waals surface area contributed by atoms with Gasteiger partial charge in [0.2, 0.25) is 0 Å². The molecule has 1 aliphatic heterocycles. The van der Waals surface area contributed by atoms with E-state index in [1.165, 1.54) is 18.8 Å². The molecule has 150 valence electrons. The van der Waals surface area contributed by atoms with Gasteiger partial charge in [-0.25, -0.2) is 4.79 Å². The van der Waals surface area contributed by atoms with Gasteiger partial charge in [-0.3, -0.25) is 14.4 Å². The van der Waals surface area contributed by atoms with Crippen LogP contribution in [0.5, 0.6) is 5.75 Å². The monoisotopic (exact) mass is 414 g/mol. The maximum Gasteiger partial charge on any atom is 0.339 e. The number of hydrogen-bond donors (Lipinski definition) is 2. The highest BCUT2D eigenvalue weighted by atomic mass is 32.2. The van der Waals surface area contributed by atoms with Crippen LogP contribution in [0.15, 0.2) is 47.4 Å². The summed E-state index contributed by atoms with van der Waals surface area (Å²) < 4.78 is 10.3. The quantitative estimate of drug-likeness (QED) is 0.404. The lowest BCUT2D eigenvalue weighted by molar-refractivity contribution is -0.123. The summed E-state index contributed by atoms with van der Waals surface area (Å²) in [7, 11) is 1.45. The zero-order valence-corrected chi connectivity index (χ0v) is 16.3. The minimum atomic E-state index is -0.641. The zero-order chi connectivity index (χ0) is 20.8. The molecule has 0 bridgehead atoms. The van der Waals surface area contributed by atoms with E-state index >= 15 is 0 Å². The SMILES string of the molecule is CNC(=O)COC(=O)c1ccccc1SCC(=O)c1ccc2c(c1)NC(=O)CO2. The third-order valence-corrected chi connectivity index (χ3v) is 5.09. The summed E-state index contributed by atoms with van der Waals surface area (Å²) in [6.45, 7) is -0.431. The van der Waals surface area contributed by atoms with Crippen LogP contribution in [0.4, 0.5) is 5.69 Å². The second kappa shape index (κ2) is 9.24. The number of hydrogen-bond acceptors (Lipinski definition) is 7. The second-order valence-electron chi connectivity index (χ2n) is 6.01. The number of likely N-dealkylation sites (N-methyl/N-ethyl adjacent to an activating group) is 1. The molecule has 1 heterocycles. The lowest BCUT2D eigenvalue weighted by atomic mass is 10.1. The van der Waals surface area contributed by atoms with Crippen LogP contribution in [-0.2, 0) is 14.3 Å². The predicted octanol–water partition coefficient (Wildman–Crippen LogP) is 1.90. The minimum absolute atomic E-state index is 0.0526. The maximum atomic E-state index is 12.6. The number of ketones is 1. The third kappa shape index (κ3) is 5.14. The fraction of sp³-hybridized carbons (Fsp3) is 0.200. The summed E-state index contributed by atoms with van der Waals surface area (Å²) >= 11 is 1.19. The molecule has 29 heavy (non-hydrogen) atoms. The second-order valence-corrected chi connectivity index (χ2v) is 7.02. The van der Waals surface area contributed by atoms with Crippen LogP contribution in [0.1, 0.15) is 20.7 Å². The number of anilines is 1. The van der Waals surface area contributed by atoms with Crippen LogP contribution in [-0.4, -0.2) is 49.6 Å². The fourth-order valence-electron chi connectivity index (χ4n) is 2.53. The van der Waals surface area contributed by atoms with E-state index in [9.17, 15) is 19.2 Å². The number of fused-ring (bicyclic) bond motifs is 1. The van der Waals surface area contributed by atoms with Crippen molar-refractivity contribution in [3.63, 3.8) is 0 Å². The van der Waals surface area contributed by atoms with Gasteiger partial charge in [0.1, 0.15) is 5.75 Å². The first-order valence-electron chi connectivity index (χ1n) is 8.67. The number of carbonyl (C=O) groups excluding carboxylic acids is 4. The van der Waals surface area contributed by atoms with Gasteiger partial charge in [-0.15, -0.1) is 11.8 Å². The van der Waals surface area contributed by atoms with E-state index in [1.807, 2.05) is 0 Å². The Kier molecular flexibility index (Phi) is 6.50. The number of thioether (sulfide) groups is 1. The number of esters is 1. The van der Waals surface area contributed by atoms with E-state index < -0.39 is 11.9 Å². The molecular formula is C20H18N2O6S. The van der Waals surface area contributed by atoms with Crippen molar-refractivity contribution in [1.82, 2.24) is 5.32 Å². The average molecular weight is 414 g/mol. The summed E-state index contributed by atoms with van der Waals surface area (Å²) in [4.78, 5) is 48.1. The smallest absolute Gasteiger partial charge is 0.339 e. The van der Waals surface area contributed by atoms with Gasteiger partial charge >= 0.3 is 5.97 Å². The molecule has 2 aromatic rings. The molecule has 0 saturated carbocycles. The largest absolute Gasteiger partial charge is 0.482 e. The van der Waals surface area contributed by atoms with Crippen LogP contribution in [0, 0.1) is 0 Å². The van der Waals surface area contributed by atoms with Crippen molar-refractivity contribution in [2.45, 2.75) is 4.90 Å². The van der Waals surface area contributed by atoms with Gasteiger partial charge in [-0.2, -0.15) is 0 Å². The Bertz CT molecular complexity index is 975. The Morgan fingerprint density at radius 3 is 2.79 bits per heavy atom. The molecule has 0 unspecified atom stereocenters. The number of nitrogens with one attached hydrogen (secondary N) is 2. The summed E-state index contributed by atoms with van der Waals surface area (Å²) in [6.07, 6.45) is 0. The number of Topliss-reactive ketones (excluding diaryl/α,β-unsaturated/α-hetero) is 1. The molecular weight excluding hydrogens is 396 g/mol. The fourth-order valence-corrected chi connectivity index (χ4v) is 3.46. The van der Waals surface area contributed by atoms with Crippen molar-refractivity contribution < 1.29 is 28.7 Å². The number of benzene rings is 2. The first kappa shape index (κ1) is 20.4. The summed E-state index contributed by atoms with van der Waals surface area (Å²) in [6, 6.07) is 11.5. The summed E-state index contributed by atoms with van der Waals surface area (Å²) in [5.74, 6) is -0.919. The third-order valence-electron chi connectivity index (χ3n) is 4.01. The van der Waals surface area contributed by atoms with Gasteiger partial charge in [0.15, 0.2) is 19.0 Å². The van der Waals surface area contributed by atoms with Gasteiger partial charge in [-0.1, -0.05) is 12.1 Å². The number of amides is 2. The number of ether oxygens (including phenoxy) is 2. The molecule has 9 heteroatoms. The van der Waals surface area contributed by atoms with Gasteiger partial charge < -0.3 is 20.1 Å². The van der Waals surface area contributed by atoms with Crippen LogP contribution in [0.25, 0.3) is 0 Å². The topological polar surface area (TPSA) is 111 Å². The first-order chi connectivity index (χ1) is 14.0. The summed E-state index contributed by atoms with van der Waals surface area (Å²) in [5.41, 5.74) is 1.15. The molecule has 0 spiro atoms. The molecule has 0 aromatic heterocycles. The standard InChI is InChI=1S/C20H18N2O6S/c1-21-18(24)9-28-20(26)13-4-2-3-5-17(13)29-11-15(23)12-6-7-16-14(8-12)22-19(25)10-27-16/h2-8H,9-11H2,1H3,(H,21,24)(H,22,25). The molecule has 0 fully saturated rings. The highest BCUT2D eigenvalue weighted by Gasteiger charge is 2.19. The van der Waals surface area contributed by atoms with Crippen molar-refractivity contribution in [1.29, 1.82) is 0 Å². The Morgan fingerprint density at radius 2 is 2.00 bits per heavy atom. The molecule has 2 aromatic carbocycles. The molecule has 0 aliphatic carbocycles. The Hall–Kier alpha value is -3.33. The van der Waals surface area contributed by atoms with Crippen LogP contribution in [0.2, 0.25) is 0 Å². The van der Waals surface area contributed by atoms with Gasteiger partial charge in [-0.05, 0) is 30.3 Å². The molecule has 0 radical (unpaired) electrons. The van der Waals surface area contributed by atoms with E-state index in [-0.39, 0.29) is 36.2 Å². The first-order valence-corrected chi connectivity index (χ1v) is 9.66. The molecule has 1 aliphatic rings. The lowest BCUT2D eigenvalue weighted by Gasteiger charge is -2.18. The van der Waals surface area contributed by atoms with Crippen LogP contribution >= 0.6 is 11.8 Å². The van der Waals surface area contributed by atoms with E-state index in [4.69, 9.17) is 9.47 Å². The summed E-state index contributed by atoms with van der Waals surface area (Å²) in [5, 5.41) is 5.03. The van der Waals surface area contributed by atoms with Crippen LogP contribution < -0.4 is 15.4 Å². The van der Waals surface area contributed by atoms with E-state index in [1.54, 1.807) is 42.5 Å². The Morgan fingerprint density at radius 1 is 1.21 bits per heavy atom. The van der Waals surface area contributed by atoms with Crippen molar-refractivity contribution in [3.8, 4) is 5.75 Å². The van der Waals surface area contributed by atoms with Crippen molar-refractivity contribution in [2.24, 2.45) is 0 Å². The molecule has 0 saturated heterocycles. The predicted molar refractivity (Wildman–Crippen MR) is 106 cm³/mol. The normalized spacial score (nSPS) is 12.2. The minimum Gasteiger partial charge on any atom is -0.482 e. The molecule has 8 nitrogen and oxygen atoms in total. The maximum absolute atomic E-state index is 12.6. The van der Waals surface area contributed by atoms with Crippen LogP contribution in [0.3, 0.4) is 0 Å². The molecule has 0 atom stereocenters. The average Bonchev–Trinajstić information content (AvgIpc) is 2.75. The van der Waals surface area contributed by atoms with Gasteiger partial charge in [0, 0.05) is 17.5 Å². The van der Waals surface area contributed by atoms with E-state index in [2.05, 4.69) is 10.6 Å². The number of carbonyl (C=O) groups is 4. The molecule has 2 amide bonds. The van der Waals surface area contributed by atoms with Gasteiger partial charge in [0.25, 0.3) is 11.8 Å². The molecule has 2 N–H and O–H groups in total. The highest BCUT2D eigenvalue weighted by Crippen LogP contribution is 2.30.